The van der Waals surface area contributed by atoms with Gasteiger partial charge in [0.2, 0.25) is 5.91 Å². The third kappa shape index (κ3) is 13.0. The van der Waals surface area contributed by atoms with E-state index in [1.165, 1.54) is 6.92 Å². The second kappa shape index (κ2) is 24.0. The molecule has 3 atom stereocenters. The molecule has 20 heteroatoms. The lowest BCUT2D eigenvalue weighted by atomic mass is 10.0. The Labute approximate surface area is 377 Å². The van der Waals surface area contributed by atoms with Gasteiger partial charge in [0.1, 0.15) is 35.1 Å². The standard InChI is InChI=1S/C15H14Cl2F3N3O3.C15H22ClNO2.C11H11Cl2NO2/c1-3-26-13(24)10(17)4-8-5-12(11(18)6-9(8)16)23-15(25)22(14(19)20)7(2)21-23;1-5-13-8-6-7-11(2)15(13)17(14(18)9-16)12(3)10-19-4;1-7-6-16-9-5-3-2-4-8(9)14(7)11(15)10(12)13/h5-6,10,14H,3-4H2,1-2H3;6-8,12H,5,9-10H2,1-4H3;2-5,7,10H,6H2,1H3. The van der Waals surface area contributed by atoms with Crippen molar-refractivity contribution in [1.29, 1.82) is 0 Å². The van der Waals surface area contributed by atoms with Gasteiger partial charge in [0.15, 0.2) is 10.7 Å². The molecule has 4 aromatic rings. The zero-order valence-electron chi connectivity index (χ0n) is 34.4. The van der Waals surface area contributed by atoms with Gasteiger partial charge in [-0.2, -0.15) is 13.5 Å². The molecule has 0 spiro atoms. The number of fused-ring (bicyclic) bond motifs is 1. The van der Waals surface area contributed by atoms with Gasteiger partial charge in [-0.05, 0) is 82.0 Å². The fourth-order valence-corrected chi connectivity index (χ4v) is 7.12. The highest BCUT2D eigenvalue weighted by Gasteiger charge is 2.32. The van der Waals surface area contributed by atoms with E-state index >= 15 is 0 Å². The van der Waals surface area contributed by atoms with Gasteiger partial charge in [-0.15, -0.1) is 28.3 Å². The van der Waals surface area contributed by atoms with Crippen LogP contribution in [0.15, 0.2) is 59.4 Å². The van der Waals surface area contributed by atoms with Gasteiger partial charge < -0.3 is 24.0 Å². The van der Waals surface area contributed by atoms with Gasteiger partial charge in [-0.25, -0.2) is 13.8 Å². The minimum absolute atomic E-state index is 0.0223. The predicted molar refractivity (Wildman–Crippen MR) is 233 cm³/mol. The first kappa shape index (κ1) is 51.4. The molecule has 0 saturated heterocycles. The first-order valence-electron chi connectivity index (χ1n) is 18.9. The molecule has 1 aliphatic heterocycles. The molecule has 0 aliphatic carbocycles. The summed E-state index contributed by atoms with van der Waals surface area (Å²) < 4.78 is 56.2. The molecule has 1 aliphatic rings. The molecule has 0 bridgehead atoms. The summed E-state index contributed by atoms with van der Waals surface area (Å²) in [7, 11) is 1.64. The van der Waals surface area contributed by atoms with Crippen LogP contribution in [0.5, 0.6) is 5.75 Å². The van der Waals surface area contributed by atoms with Crippen molar-refractivity contribution >= 4 is 87.2 Å². The van der Waals surface area contributed by atoms with E-state index in [1.807, 2.05) is 57.2 Å². The van der Waals surface area contributed by atoms with Crippen LogP contribution < -0.4 is 20.2 Å². The zero-order valence-corrected chi connectivity index (χ0v) is 38.2. The number of nitrogens with zero attached hydrogens (tertiary/aromatic N) is 5. The van der Waals surface area contributed by atoms with Gasteiger partial charge in [-0.3, -0.25) is 14.4 Å². The number of para-hydroxylation sites is 3. The lowest BCUT2D eigenvalue weighted by Crippen LogP contribution is -2.47. The smallest absolute Gasteiger partial charge is 0.355 e. The largest absolute Gasteiger partial charge is 0.489 e. The first-order chi connectivity index (χ1) is 28.8. The first-order valence-corrected chi connectivity index (χ1v) is 21.1. The number of amides is 2. The summed E-state index contributed by atoms with van der Waals surface area (Å²) in [6.07, 6.45) is 0.762. The Kier molecular flexibility index (Phi) is 20.2. The van der Waals surface area contributed by atoms with E-state index in [0.717, 1.165) is 41.1 Å². The van der Waals surface area contributed by atoms with Crippen LogP contribution >= 0.6 is 58.0 Å². The highest BCUT2D eigenvalue weighted by atomic mass is 35.5. The number of esters is 1. The lowest BCUT2D eigenvalue weighted by Gasteiger charge is -2.35. The number of anilines is 2. The van der Waals surface area contributed by atoms with Crippen molar-refractivity contribution < 1.29 is 41.8 Å². The summed E-state index contributed by atoms with van der Waals surface area (Å²) >= 11 is 28.9. The summed E-state index contributed by atoms with van der Waals surface area (Å²) in [5.41, 5.74) is 2.56. The minimum atomic E-state index is -3.12. The number of ether oxygens (including phenoxy) is 3. The maximum Gasteiger partial charge on any atom is 0.355 e. The Hall–Kier alpha value is -3.99. The third-order valence-electron chi connectivity index (χ3n) is 9.11. The Morgan fingerprint density at radius 2 is 1.69 bits per heavy atom. The van der Waals surface area contributed by atoms with Crippen molar-refractivity contribution in [3.05, 3.63) is 98.4 Å². The van der Waals surface area contributed by atoms with E-state index in [2.05, 4.69) is 18.1 Å². The normalized spacial score (nSPS) is 14.2. The van der Waals surface area contributed by atoms with E-state index in [4.69, 9.17) is 72.2 Å². The van der Waals surface area contributed by atoms with Crippen LogP contribution in [0.25, 0.3) is 5.69 Å². The number of rotatable bonds is 13. The summed E-state index contributed by atoms with van der Waals surface area (Å²) in [6, 6.07) is 15.3. The summed E-state index contributed by atoms with van der Waals surface area (Å²) in [5.74, 6) is -1.66. The minimum Gasteiger partial charge on any atom is -0.489 e. The van der Waals surface area contributed by atoms with Crippen LogP contribution in [0.1, 0.15) is 56.8 Å². The molecule has 0 radical (unpaired) electrons. The van der Waals surface area contributed by atoms with Crippen molar-refractivity contribution in [3.8, 4) is 11.4 Å². The predicted octanol–water partition coefficient (Wildman–Crippen LogP) is 9.01. The summed E-state index contributed by atoms with van der Waals surface area (Å²) in [5, 5.41) is 2.52. The van der Waals surface area contributed by atoms with Crippen LogP contribution in [0.4, 0.5) is 24.5 Å². The van der Waals surface area contributed by atoms with Crippen molar-refractivity contribution in [2.45, 2.75) is 83.2 Å². The second-order valence-electron chi connectivity index (χ2n) is 13.5. The maximum atomic E-state index is 14.2. The zero-order chi connectivity index (χ0) is 45.7. The van der Waals surface area contributed by atoms with E-state index < -0.39 is 34.2 Å². The lowest BCUT2D eigenvalue weighted by molar-refractivity contribution is -0.142. The Bertz CT molecular complexity index is 2190. The highest BCUT2D eigenvalue weighted by Crippen LogP contribution is 2.35. The summed E-state index contributed by atoms with van der Waals surface area (Å²) in [4.78, 5) is 50.1. The molecule has 334 valence electrons. The van der Waals surface area contributed by atoms with Crippen LogP contribution in [0.2, 0.25) is 5.02 Å². The molecule has 0 N–H and O–H groups in total. The molecular formula is C41H47Cl5F3N5O7. The van der Waals surface area contributed by atoms with E-state index in [0.29, 0.717) is 23.6 Å². The number of hydrogen-bond donors (Lipinski definition) is 0. The fourth-order valence-electron chi connectivity index (χ4n) is 6.33. The van der Waals surface area contributed by atoms with Crippen molar-refractivity contribution in [1.82, 2.24) is 14.3 Å². The van der Waals surface area contributed by atoms with Gasteiger partial charge in [-0.1, -0.05) is 72.1 Å². The molecule has 2 amide bonds. The molecule has 3 aromatic carbocycles. The average molecular weight is 956 g/mol. The van der Waals surface area contributed by atoms with Crippen LogP contribution in [-0.4, -0.2) is 87.2 Å². The number of carbonyl (C=O) groups is 3. The molecule has 61 heavy (non-hydrogen) atoms. The number of hydrogen-bond acceptors (Lipinski definition) is 8. The monoisotopic (exact) mass is 953 g/mol. The Balaban J connectivity index is 0.000000252. The number of benzene rings is 3. The number of halogens is 8. The quantitative estimate of drug-likeness (QED) is 0.0961. The molecule has 0 fully saturated rings. The van der Waals surface area contributed by atoms with Crippen LogP contribution in [-0.2, 0) is 36.7 Å². The number of aryl methyl sites for hydroxylation is 3. The highest BCUT2D eigenvalue weighted by molar-refractivity contribution is 6.54. The Morgan fingerprint density at radius 1 is 1.02 bits per heavy atom. The fraction of sp³-hybridized carbons (Fsp3) is 0.439. The number of methoxy groups -OCH3 is 1. The molecule has 12 nitrogen and oxygen atoms in total. The second-order valence-corrected chi connectivity index (χ2v) is 15.8. The van der Waals surface area contributed by atoms with E-state index in [-0.39, 0.29) is 69.5 Å². The van der Waals surface area contributed by atoms with Crippen LogP contribution in [0.3, 0.4) is 0 Å². The molecule has 0 saturated carbocycles. The average Bonchev–Trinajstić information content (AvgIpc) is 3.52. The number of aromatic nitrogens is 3. The van der Waals surface area contributed by atoms with Gasteiger partial charge in [0.25, 0.3) is 5.91 Å². The number of carbonyl (C=O) groups excluding carboxylic acids is 3. The molecule has 1 aromatic heterocycles. The number of alkyl halides is 6. The third-order valence-corrected chi connectivity index (χ3v) is 10.4. The van der Waals surface area contributed by atoms with Crippen molar-refractivity contribution in [2.24, 2.45) is 0 Å². The van der Waals surface area contributed by atoms with Crippen LogP contribution in [0, 0.1) is 19.7 Å². The van der Waals surface area contributed by atoms with E-state index in [1.54, 1.807) is 23.8 Å². The molecule has 3 unspecified atom stereocenters. The molecule has 2 heterocycles. The summed E-state index contributed by atoms with van der Waals surface area (Å²) in [6.45, 7) is 8.71. The van der Waals surface area contributed by atoms with Crippen molar-refractivity contribution in [3.63, 3.8) is 0 Å². The van der Waals surface area contributed by atoms with Gasteiger partial charge >= 0.3 is 18.2 Å². The maximum absolute atomic E-state index is 14.2. The molecular weight excluding hydrogens is 909 g/mol. The SMILES string of the molecule is CC1COc2ccccc2N1C(=O)C(Cl)Cl.CCOC(=O)C(Cl)Cc1cc(-n2nc(C)n(C(F)F)c2=O)c(F)cc1Cl.CCc1cccc(C)c1N(C(=O)CCl)C(C)COC. The van der Waals surface area contributed by atoms with Gasteiger partial charge in [0, 0.05) is 18.6 Å². The van der Waals surface area contributed by atoms with Crippen molar-refractivity contribution in [2.75, 3.05) is 42.6 Å². The molecule has 5 rings (SSSR count). The topological polar surface area (TPSA) is 125 Å². The van der Waals surface area contributed by atoms with E-state index in [9.17, 15) is 32.3 Å². The van der Waals surface area contributed by atoms with Gasteiger partial charge in [0.05, 0.1) is 36.7 Å². The Morgan fingerprint density at radius 3 is 2.26 bits per heavy atom.